The molecule has 3 heterocycles. The standard InChI is InChI=1S/C19H20N2O5/c1-24-16-6-18-17(25-11-26-18)5-13(16)8-21-9-14(15(10-21)19(22)23)12-3-2-4-20-7-12/h2-7,14-15H,8-11H2,1H3,(H,22,23)/t14-,15+/m0/s1. The van der Waals surface area contributed by atoms with Crippen molar-refractivity contribution in [2.24, 2.45) is 5.92 Å². The van der Waals surface area contributed by atoms with Crippen LogP contribution in [-0.2, 0) is 11.3 Å². The van der Waals surface area contributed by atoms with Crippen LogP contribution in [0.2, 0.25) is 0 Å². The van der Waals surface area contributed by atoms with Crippen LogP contribution in [-0.4, -0.2) is 48.0 Å². The first-order chi connectivity index (χ1) is 12.7. The summed E-state index contributed by atoms with van der Waals surface area (Å²) >= 11 is 0. The number of methoxy groups -OCH3 is 1. The predicted molar refractivity (Wildman–Crippen MR) is 92.5 cm³/mol. The van der Waals surface area contributed by atoms with Crippen LogP contribution >= 0.6 is 0 Å². The van der Waals surface area contributed by atoms with Crippen LogP contribution in [0.1, 0.15) is 17.0 Å². The zero-order chi connectivity index (χ0) is 18.1. The summed E-state index contributed by atoms with van der Waals surface area (Å²) in [5, 5.41) is 9.65. The van der Waals surface area contributed by atoms with Crippen molar-refractivity contribution < 1.29 is 24.1 Å². The Morgan fingerprint density at radius 3 is 2.85 bits per heavy atom. The molecule has 1 fully saturated rings. The van der Waals surface area contributed by atoms with Crippen molar-refractivity contribution in [2.75, 3.05) is 27.0 Å². The number of carboxylic acid groups (broad SMARTS) is 1. The van der Waals surface area contributed by atoms with Gasteiger partial charge in [-0.15, -0.1) is 0 Å². The van der Waals surface area contributed by atoms with Gasteiger partial charge in [-0.2, -0.15) is 0 Å². The summed E-state index contributed by atoms with van der Waals surface area (Å²) in [6, 6.07) is 7.52. The summed E-state index contributed by atoms with van der Waals surface area (Å²) in [4.78, 5) is 18.0. The van der Waals surface area contributed by atoms with Crippen LogP contribution < -0.4 is 14.2 Å². The molecule has 0 unspecified atom stereocenters. The number of aliphatic carboxylic acids is 1. The number of likely N-dealkylation sites (tertiary alicyclic amines) is 1. The fourth-order valence-electron chi connectivity index (χ4n) is 3.72. The number of aromatic nitrogens is 1. The van der Waals surface area contributed by atoms with Crippen molar-refractivity contribution in [3.05, 3.63) is 47.8 Å². The molecule has 2 aliphatic rings. The van der Waals surface area contributed by atoms with Gasteiger partial charge in [0.25, 0.3) is 0 Å². The molecular formula is C19H20N2O5. The maximum atomic E-state index is 11.8. The smallest absolute Gasteiger partial charge is 0.308 e. The first kappa shape index (κ1) is 16.7. The highest BCUT2D eigenvalue weighted by atomic mass is 16.7. The molecule has 1 N–H and O–H groups in total. The lowest BCUT2D eigenvalue weighted by Gasteiger charge is -2.18. The molecule has 136 valence electrons. The maximum absolute atomic E-state index is 11.8. The molecule has 0 aliphatic carbocycles. The number of hydrogen-bond donors (Lipinski definition) is 1. The first-order valence-electron chi connectivity index (χ1n) is 8.47. The van der Waals surface area contributed by atoms with E-state index >= 15 is 0 Å². The van der Waals surface area contributed by atoms with Gasteiger partial charge in [-0.25, -0.2) is 0 Å². The van der Waals surface area contributed by atoms with Crippen molar-refractivity contribution in [1.82, 2.24) is 9.88 Å². The lowest BCUT2D eigenvalue weighted by atomic mass is 9.90. The summed E-state index contributed by atoms with van der Waals surface area (Å²) in [5.74, 6) is 0.757. The minimum atomic E-state index is -0.779. The highest BCUT2D eigenvalue weighted by Gasteiger charge is 2.39. The van der Waals surface area contributed by atoms with E-state index in [1.807, 2.05) is 24.3 Å². The zero-order valence-corrected chi connectivity index (χ0v) is 14.4. The van der Waals surface area contributed by atoms with Crippen molar-refractivity contribution in [2.45, 2.75) is 12.5 Å². The summed E-state index contributed by atoms with van der Waals surface area (Å²) in [6.45, 7) is 1.92. The molecule has 0 bridgehead atoms. The average Bonchev–Trinajstić information content (AvgIpc) is 3.28. The van der Waals surface area contributed by atoms with E-state index in [9.17, 15) is 9.90 Å². The normalized spacial score (nSPS) is 21.7. The molecule has 2 aromatic rings. The van der Waals surface area contributed by atoms with Gasteiger partial charge in [0.2, 0.25) is 6.79 Å². The van der Waals surface area contributed by atoms with E-state index in [1.54, 1.807) is 19.5 Å². The molecule has 7 nitrogen and oxygen atoms in total. The van der Waals surface area contributed by atoms with Gasteiger partial charge in [0.05, 0.1) is 13.0 Å². The number of nitrogens with zero attached hydrogens (tertiary/aromatic N) is 2. The van der Waals surface area contributed by atoms with Crippen molar-refractivity contribution in [3.8, 4) is 17.2 Å². The largest absolute Gasteiger partial charge is 0.496 e. The maximum Gasteiger partial charge on any atom is 0.308 e. The molecule has 1 aromatic heterocycles. The molecule has 2 atom stereocenters. The SMILES string of the molecule is COc1cc2c(cc1CN1C[C@@H](C(=O)O)[C@H](c3cccnc3)C1)OCO2. The molecular weight excluding hydrogens is 336 g/mol. The molecule has 2 aliphatic heterocycles. The summed E-state index contributed by atoms with van der Waals surface area (Å²) in [5.41, 5.74) is 1.91. The molecule has 1 aromatic carbocycles. The fraction of sp³-hybridized carbons (Fsp3) is 0.368. The number of ether oxygens (including phenoxy) is 3. The number of benzene rings is 1. The van der Waals surface area contributed by atoms with E-state index < -0.39 is 11.9 Å². The number of pyridine rings is 1. The van der Waals surface area contributed by atoms with Gasteiger partial charge < -0.3 is 19.3 Å². The number of carbonyl (C=O) groups is 1. The van der Waals surface area contributed by atoms with Gasteiger partial charge in [-0.05, 0) is 17.7 Å². The molecule has 0 amide bonds. The Hall–Kier alpha value is -2.80. The lowest BCUT2D eigenvalue weighted by molar-refractivity contribution is -0.141. The summed E-state index contributed by atoms with van der Waals surface area (Å²) in [6.07, 6.45) is 3.45. The second-order valence-corrected chi connectivity index (χ2v) is 6.55. The van der Waals surface area contributed by atoms with Crippen LogP contribution in [0.4, 0.5) is 0 Å². The number of hydrogen-bond acceptors (Lipinski definition) is 6. The van der Waals surface area contributed by atoms with E-state index in [-0.39, 0.29) is 12.7 Å². The van der Waals surface area contributed by atoms with E-state index in [4.69, 9.17) is 14.2 Å². The van der Waals surface area contributed by atoms with Crippen LogP contribution in [0.15, 0.2) is 36.7 Å². The van der Waals surface area contributed by atoms with Crippen LogP contribution in [0.3, 0.4) is 0 Å². The predicted octanol–water partition coefficient (Wildman–Crippen LogP) is 2.12. The molecule has 26 heavy (non-hydrogen) atoms. The van der Waals surface area contributed by atoms with Gasteiger partial charge in [-0.1, -0.05) is 6.07 Å². The van der Waals surface area contributed by atoms with Gasteiger partial charge >= 0.3 is 5.97 Å². The van der Waals surface area contributed by atoms with E-state index in [0.29, 0.717) is 36.9 Å². The van der Waals surface area contributed by atoms with Crippen LogP contribution in [0, 0.1) is 5.92 Å². The number of carboxylic acids is 1. The Morgan fingerprint density at radius 2 is 2.15 bits per heavy atom. The van der Waals surface area contributed by atoms with Crippen molar-refractivity contribution in [3.63, 3.8) is 0 Å². The van der Waals surface area contributed by atoms with E-state index in [1.165, 1.54) is 0 Å². The lowest BCUT2D eigenvalue weighted by Crippen LogP contribution is -2.23. The number of fused-ring (bicyclic) bond motifs is 1. The Labute approximate surface area is 151 Å². The Morgan fingerprint density at radius 1 is 1.35 bits per heavy atom. The zero-order valence-electron chi connectivity index (χ0n) is 14.4. The number of rotatable bonds is 5. The van der Waals surface area contributed by atoms with Crippen molar-refractivity contribution in [1.29, 1.82) is 0 Å². The summed E-state index contributed by atoms with van der Waals surface area (Å²) in [7, 11) is 1.61. The highest BCUT2D eigenvalue weighted by Crippen LogP contribution is 2.40. The third-order valence-electron chi connectivity index (χ3n) is 4.99. The van der Waals surface area contributed by atoms with Crippen LogP contribution in [0.25, 0.3) is 0 Å². The Balaban J connectivity index is 1.57. The molecule has 0 saturated carbocycles. The topological polar surface area (TPSA) is 81.1 Å². The minimum Gasteiger partial charge on any atom is -0.496 e. The van der Waals surface area contributed by atoms with E-state index in [2.05, 4.69) is 9.88 Å². The summed E-state index contributed by atoms with van der Waals surface area (Å²) < 4.78 is 16.3. The first-order valence-corrected chi connectivity index (χ1v) is 8.47. The van der Waals surface area contributed by atoms with Crippen molar-refractivity contribution >= 4 is 5.97 Å². The second kappa shape index (κ2) is 6.84. The monoisotopic (exact) mass is 356 g/mol. The van der Waals surface area contributed by atoms with Gasteiger partial charge in [0.15, 0.2) is 11.5 Å². The van der Waals surface area contributed by atoms with Crippen LogP contribution in [0.5, 0.6) is 17.2 Å². The quantitative estimate of drug-likeness (QED) is 0.879. The molecule has 1 saturated heterocycles. The molecule has 7 heteroatoms. The molecule has 0 spiro atoms. The van der Waals surface area contributed by atoms with Gasteiger partial charge in [0.1, 0.15) is 5.75 Å². The average molecular weight is 356 g/mol. The molecule has 4 rings (SSSR count). The van der Waals surface area contributed by atoms with Gasteiger partial charge in [0, 0.05) is 49.6 Å². The second-order valence-electron chi connectivity index (χ2n) is 6.55. The fourth-order valence-corrected chi connectivity index (χ4v) is 3.72. The highest BCUT2D eigenvalue weighted by molar-refractivity contribution is 5.72. The van der Waals surface area contributed by atoms with E-state index in [0.717, 1.165) is 11.1 Å². The Kier molecular flexibility index (Phi) is 4.38. The minimum absolute atomic E-state index is 0.0822. The third-order valence-corrected chi connectivity index (χ3v) is 4.99. The Bertz CT molecular complexity index is 811. The van der Waals surface area contributed by atoms with Gasteiger partial charge in [-0.3, -0.25) is 14.7 Å². The third kappa shape index (κ3) is 3.06. The molecule has 0 radical (unpaired) electrons.